The van der Waals surface area contributed by atoms with Crippen LogP contribution in [-0.2, 0) is 9.59 Å². The minimum absolute atomic E-state index is 0.0261. The molecule has 2 amide bonds. The highest BCUT2D eigenvalue weighted by atomic mass is 35.5. The molecular weight excluding hydrogens is 310 g/mol. The van der Waals surface area contributed by atoms with Crippen molar-refractivity contribution in [3.05, 3.63) is 33.3 Å². The molecule has 1 aliphatic heterocycles. The average Bonchev–Trinajstić information content (AvgIpc) is 2.77. The smallest absolute Gasteiger partial charge is 0.313 e. The van der Waals surface area contributed by atoms with Crippen LogP contribution in [-0.4, -0.2) is 34.7 Å². The number of rotatable bonds is 2. The number of nitrogens with zero attached hydrogens (tertiary/aromatic N) is 2. The molecule has 1 aromatic carbocycles. The van der Waals surface area contributed by atoms with E-state index in [4.69, 9.17) is 11.6 Å². The number of carbonyl (C=O) groups is 2. The van der Waals surface area contributed by atoms with E-state index in [9.17, 15) is 19.7 Å². The third-order valence-electron chi connectivity index (χ3n) is 3.49. The zero-order valence-corrected chi connectivity index (χ0v) is 12.6. The average molecular weight is 326 g/mol. The van der Waals surface area contributed by atoms with Gasteiger partial charge in [0, 0.05) is 24.8 Å². The lowest BCUT2D eigenvalue weighted by atomic mass is 10.2. The summed E-state index contributed by atoms with van der Waals surface area (Å²) in [6, 6.07) is 3.87. The molecule has 0 radical (unpaired) electrons. The summed E-state index contributed by atoms with van der Waals surface area (Å²) in [5.74, 6) is -1.40. The summed E-state index contributed by atoms with van der Waals surface area (Å²) in [6.07, 6.45) is 3.86. The second kappa shape index (κ2) is 7.22. The Hall–Kier alpha value is -2.15. The van der Waals surface area contributed by atoms with Gasteiger partial charge in [-0.3, -0.25) is 19.7 Å². The molecule has 0 aliphatic carbocycles. The van der Waals surface area contributed by atoms with Crippen LogP contribution in [0.1, 0.15) is 25.7 Å². The van der Waals surface area contributed by atoms with Crippen LogP contribution in [0.4, 0.5) is 11.4 Å². The summed E-state index contributed by atoms with van der Waals surface area (Å²) in [7, 11) is 0. The van der Waals surface area contributed by atoms with Crippen molar-refractivity contribution in [2.45, 2.75) is 25.7 Å². The van der Waals surface area contributed by atoms with E-state index in [0.717, 1.165) is 31.7 Å². The molecule has 0 saturated carbocycles. The van der Waals surface area contributed by atoms with Gasteiger partial charge in [0.05, 0.1) is 4.92 Å². The number of carbonyl (C=O) groups excluding carboxylic acids is 2. The zero-order chi connectivity index (χ0) is 16.1. The number of nitrogens with one attached hydrogen (secondary N) is 1. The number of nitro groups is 1. The Morgan fingerprint density at radius 1 is 1.18 bits per heavy atom. The molecule has 2 rings (SSSR count). The van der Waals surface area contributed by atoms with E-state index in [1.165, 1.54) is 17.0 Å². The van der Waals surface area contributed by atoms with E-state index < -0.39 is 16.7 Å². The Morgan fingerprint density at radius 3 is 2.41 bits per heavy atom. The van der Waals surface area contributed by atoms with Crippen molar-refractivity contribution < 1.29 is 14.5 Å². The molecule has 1 aromatic rings. The molecule has 1 fully saturated rings. The standard InChI is InChI=1S/C14H16ClN3O4/c15-11-6-5-10(9-12(11)18(21)22)16-13(19)14(20)17-7-3-1-2-4-8-17/h5-6,9H,1-4,7-8H2,(H,16,19). The summed E-state index contributed by atoms with van der Waals surface area (Å²) in [5, 5.41) is 13.2. The fourth-order valence-corrected chi connectivity index (χ4v) is 2.52. The van der Waals surface area contributed by atoms with Crippen molar-refractivity contribution in [2.24, 2.45) is 0 Å². The molecule has 118 valence electrons. The van der Waals surface area contributed by atoms with E-state index in [1.54, 1.807) is 0 Å². The lowest BCUT2D eigenvalue weighted by molar-refractivity contribution is -0.384. The van der Waals surface area contributed by atoms with E-state index in [2.05, 4.69) is 5.32 Å². The number of nitro benzene ring substituents is 1. The van der Waals surface area contributed by atoms with Gasteiger partial charge in [0.2, 0.25) is 0 Å². The van der Waals surface area contributed by atoms with Gasteiger partial charge in [0.25, 0.3) is 5.69 Å². The van der Waals surface area contributed by atoms with Gasteiger partial charge in [-0.25, -0.2) is 0 Å². The molecule has 0 atom stereocenters. The van der Waals surface area contributed by atoms with Gasteiger partial charge < -0.3 is 10.2 Å². The number of benzene rings is 1. The largest absolute Gasteiger partial charge is 0.334 e. The minimum atomic E-state index is -0.793. The Kier molecular flexibility index (Phi) is 5.32. The molecule has 7 nitrogen and oxygen atoms in total. The number of halogens is 1. The molecule has 0 bridgehead atoms. The van der Waals surface area contributed by atoms with E-state index in [-0.39, 0.29) is 16.4 Å². The van der Waals surface area contributed by atoms with Crippen LogP contribution in [0.2, 0.25) is 5.02 Å². The highest BCUT2D eigenvalue weighted by Crippen LogP contribution is 2.27. The maximum absolute atomic E-state index is 12.1. The third-order valence-corrected chi connectivity index (χ3v) is 3.81. The van der Waals surface area contributed by atoms with Crippen molar-refractivity contribution in [1.29, 1.82) is 0 Å². The first-order valence-electron chi connectivity index (χ1n) is 7.03. The van der Waals surface area contributed by atoms with Crippen LogP contribution in [0.15, 0.2) is 18.2 Å². The first-order valence-corrected chi connectivity index (χ1v) is 7.41. The van der Waals surface area contributed by atoms with Crippen LogP contribution in [0, 0.1) is 10.1 Å². The number of hydrogen-bond acceptors (Lipinski definition) is 4. The second-order valence-electron chi connectivity index (χ2n) is 5.08. The summed E-state index contributed by atoms with van der Waals surface area (Å²) >= 11 is 5.70. The lowest BCUT2D eigenvalue weighted by Crippen LogP contribution is -2.40. The molecule has 0 aromatic heterocycles. The summed E-state index contributed by atoms with van der Waals surface area (Å²) in [5.41, 5.74) is -0.147. The molecule has 1 heterocycles. The fraction of sp³-hybridized carbons (Fsp3) is 0.429. The molecule has 1 aliphatic rings. The van der Waals surface area contributed by atoms with Crippen LogP contribution in [0.3, 0.4) is 0 Å². The van der Waals surface area contributed by atoms with E-state index in [1.807, 2.05) is 0 Å². The molecule has 8 heteroatoms. The normalized spacial score (nSPS) is 15.0. The highest BCUT2D eigenvalue weighted by molar-refractivity contribution is 6.39. The van der Waals surface area contributed by atoms with Gasteiger partial charge >= 0.3 is 11.8 Å². The molecule has 22 heavy (non-hydrogen) atoms. The molecule has 1 saturated heterocycles. The molecule has 0 spiro atoms. The van der Waals surface area contributed by atoms with Crippen LogP contribution in [0.5, 0.6) is 0 Å². The Morgan fingerprint density at radius 2 is 1.82 bits per heavy atom. The summed E-state index contributed by atoms with van der Waals surface area (Å²) in [4.78, 5) is 35.8. The molecule has 0 unspecified atom stereocenters. The van der Waals surface area contributed by atoms with E-state index >= 15 is 0 Å². The first kappa shape index (κ1) is 16.2. The molecular formula is C14H16ClN3O4. The quantitative estimate of drug-likeness (QED) is 0.514. The van der Waals surface area contributed by atoms with Gasteiger partial charge in [0.1, 0.15) is 5.02 Å². The summed E-state index contributed by atoms with van der Waals surface area (Å²) < 4.78 is 0. The maximum atomic E-state index is 12.1. The second-order valence-corrected chi connectivity index (χ2v) is 5.49. The maximum Gasteiger partial charge on any atom is 0.313 e. The van der Waals surface area contributed by atoms with Crippen LogP contribution in [0.25, 0.3) is 0 Å². The number of anilines is 1. The van der Waals surface area contributed by atoms with Gasteiger partial charge in [-0.05, 0) is 25.0 Å². The van der Waals surface area contributed by atoms with Crippen LogP contribution < -0.4 is 5.32 Å². The van der Waals surface area contributed by atoms with E-state index in [0.29, 0.717) is 13.1 Å². The summed E-state index contributed by atoms with van der Waals surface area (Å²) in [6.45, 7) is 1.13. The van der Waals surface area contributed by atoms with Crippen molar-refractivity contribution >= 4 is 34.8 Å². The number of likely N-dealkylation sites (tertiary alicyclic amines) is 1. The SMILES string of the molecule is O=C(Nc1ccc(Cl)c([N+](=O)[O-])c1)C(=O)N1CCCCCC1. The van der Waals surface area contributed by atoms with Gasteiger partial charge in [-0.1, -0.05) is 24.4 Å². The predicted molar refractivity (Wildman–Crippen MR) is 81.8 cm³/mol. The predicted octanol–water partition coefficient (Wildman–Crippen LogP) is 2.59. The minimum Gasteiger partial charge on any atom is -0.334 e. The topological polar surface area (TPSA) is 92.5 Å². The van der Waals surface area contributed by atoms with Gasteiger partial charge in [-0.2, -0.15) is 0 Å². The van der Waals surface area contributed by atoms with Gasteiger partial charge in [0.15, 0.2) is 0 Å². The monoisotopic (exact) mass is 325 g/mol. The van der Waals surface area contributed by atoms with Crippen molar-refractivity contribution in [3.8, 4) is 0 Å². The first-order chi connectivity index (χ1) is 10.5. The molecule has 1 N–H and O–H groups in total. The number of hydrogen-bond donors (Lipinski definition) is 1. The van der Waals surface area contributed by atoms with Crippen molar-refractivity contribution in [1.82, 2.24) is 4.90 Å². The number of amides is 2. The zero-order valence-electron chi connectivity index (χ0n) is 11.9. The van der Waals surface area contributed by atoms with Crippen molar-refractivity contribution in [3.63, 3.8) is 0 Å². The Bertz CT molecular complexity index is 598. The lowest BCUT2D eigenvalue weighted by Gasteiger charge is -2.19. The Labute approximate surface area is 132 Å². The third kappa shape index (κ3) is 3.94. The fourth-order valence-electron chi connectivity index (χ4n) is 2.33. The van der Waals surface area contributed by atoms with Crippen LogP contribution >= 0.6 is 11.6 Å². The highest BCUT2D eigenvalue weighted by Gasteiger charge is 2.23. The van der Waals surface area contributed by atoms with Crippen molar-refractivity contribution in [2.75, 3.05) is 18.4 Å². The Balaban J connectivity index is 2.06. The van der Waals surface area contributed by atoms with Gasteiger partial charge in [-0.15, -0.1) is 0 Å².